The minimum absolute atomic E-state index is 0.0284. The van der Waals surface area contributed by atoms with Crippen LogP contribution in [0.15, 0.2) is 30.1 Å². The standard InChI is InChI=1S/C21H26N6O2/c1-13-15(9-20(28)24-13)8-16-12-23-27-19(22-11-14-2-3-14)10-18(26-21(16)27)25-17-4-6-29-7-5-17/h8,10,12,14,17,22H,1-7,9,11H2,(H,24,28)(H,25,26)/b15-8+. The maximum Gasteiger partial charge on any atom is 0.228 e. The molecule has 0 aromatic carbocycles. The van der Waals surface area contributed by atoms with Crippen molar-refractivity contribution in [1.82, 2.24) is 19.9 Å². The van der Waals surface area contributed by atoms with Crippen LogP contribution in [0, 0.1) is 5.92 Å². The molecule has 2 aromatic rings. The molecule has 29 heavy (non-hydrogen) atoms. The SMILES string of the molecule is C=C1NC(=O)C/C1=C\c1cnn2c(NCC3CC3)cc(NC3CCOCC3)nc12. The normalized spacial score (nSPS) is 21.7. The molecule has 2 aromatic heterocycles. The van der Waals surface area contributed by atoms with Crippen LogP contribution in [0.4, 0.5) is 11.6 Å². The summed E-state index contributed by atoms with van der Waals surface area (Å²) in [6.45, 7) is 6.43. The molecule has 3 aliphatic rings. The molecule has 1 aliphatic carbocycles. The zero-order valence-corrected chi connectivity index (χ0v) is 16.4. The minimum atomic E-state index is -0.0284. The summed E-state index contributed by atoms with van der Waals surface area (Å²) in [7, 11) is 0. The van der Waals surface area contributed by atoms with Crippen molar-refractivity contribution >= 4 is 29.3 Å². The van der Waals surface area contributed by atoms with Crippen molar-refractivity contribution in [2.45, 2.75) is 38.1 Å². The highest BCUT2D eigenvalue weighted by Gasteiger charge is 2.23. The molecule has 2 saturated heterocycles. The van der Waals surface area contributed by atoms with Crippen LogP contribution in [0.1, 0.15) is 37.7 Å². The fraction of sp³-hybridized carbons (Fsp3) is 0.476. The summed E-state index contributed by atoms with van der Waals surface area (Å²) in [6, 6.07) is 2.39. The Balaban J connectivity index is 1.49. The number of nitrogens with one attached hydrogen (secondary N) is 3. The van der Waals surface area contributed by atoms with Gasteiger partial charge in [0.15, 0.2) is 5.65 Å². The minimum Gasteiger partial charge on any atom is -0.381 e. The zero-order valence-electron chi connectivity index (χ0n) is 16.4. The van der Waals surface area contributed by atoms with Crippen molar-refractivity contribution in [1.29, 1.82) is 0 Å². The summed E-state index contributed by atoms with van der Waals surface area (Å²) in [6.07, 6.45) is 8.61. The van der Waals surface area contributed by atoms with Gasteiger partial charge >= 0.3 is 0 Å². The molecule has 0 bridgehead atoms. The highest BCUT2D eigenvalue weighted by atomic mass is 16.5. The van der Waals surface area contributed by atoms with E-state index in [4.69, 9.17) is 9.72 Å². The summed E-state index contributed by atoms with van der Waals surface area (Å²) in [4.78, 5) is 16.5. The average Bonchev–Trinajstić information content (AvgIpc) is 3.38. The second kappa shape index (κ2) is 7.51. The number of anilines is 2. The number of allylic oxidation sites excluding steroid dienone is 1. The van der Waals surface area contributed by atoms with Crippen LogP contribution in [-0.4, -0.2) is 46.3 Å². The lowest BCUT2D eigenvalue weighted by Crippen LogP contribution is -2.28. The lowest BCUT2D eigenvalue weighted by atomic mass is 10.1. The first-order chi connectivity index (χ1) is 14.2. The van der Waals surface area contributed by atoms with Crippen molar-refractivity contribution in [2.24, 2.45) is 5.92 Å². The third-order valence-corrected chi connectivity index (χ3v) is 5.70. The molecule has 4 heterocycles. The monoisotopic (exact) mass is 394 g/mol. The molecule has 0 radical (unpaired) electrons. The molecular formula is C21H26N6O2. The maximum absolute atomic E-state index is 11.7. The molecule has 152 valence electrons. The second-order valence-corrected chi connectivity index (χ2v) is 8.09. The Bertz CT molecular complexity index is 984. The van der Waals surface area contributed by atoms with Gasteiger partial charge in [-0.2, -0.15) is 9.61 Å². The lowest BCUT2D eigenvalue weighted by Gasteiger charge is -2.24. The van der Waals surface area contributed by atoms with Crippen LogP contribution in [0.3, 0.4) is 0 Å². The molecule has 0 atom stereocenters. The van der Waals surface area contributed by atoms with Gasteiger partial charge < -0.3 is 20.7 Å². The lowest BCUT2D eigenvalue weighted by molar-refractivity contribution is -0.118. The number of ether oxygens (including phenoxy) is 1. The van der Waals surface area contributed by atoms with E-state index in [0.717, 1.165) is 66.9 Å². The first-order valence-electron chi connectivity index (χ1n) is 10.3. The van der Waals surface area contributed by atoms with Gasteiger partial charge in [0.05, 0.1) is 12.6 Å². The quantitative estimate of drug-likeness (QED) is 0.697. The Hall–Kier alpha value is -2.87. The van der Waals surface area contributed by atoms with Gasteiger partial charge in [0.1, 0.15) is 11.6 Å². The van der Waals surface area contributed by atoms with E-state index in [1.54, 1.807) is 6.20 Å². The van der Waals surface area contributed by atoms with Crippen LogP contribution in [0.25, 0.3) is 11.7 Å². The Kier molecular flexibility index (Phi) is 4.71. The molecule has 3 N–H and O–H groups in total. The van der Waals surface area contributed by atoms with Crippen LogP contribution >= 0.6 is 0 Å². The van der Waals surface area contributed by atoms with E-state index in [1.807, 2.05) is 16.7 Å². The van der Waals surface area contributed by atoms with Crippen molar-refractivity contribution < 1.29 is 9.53 Å². The van der Waals surface area contributed by atoms with E-state index in [2.05, 4.69) is 27.6 Å². The highest BCUT2D eigenvalue weighted by Crippen LogP contribution is 2.30. The Morgan fingerprint density at radius 1 is 1.31 bits per heavy atom. The predicted octanol–water partition coefficient (Wildman–Crippen LogP) is 2.56. The van der Waals surface area contributed by atoms with Crippen molar-refractivity contribution in [3.8, 4) is 0 Å². The zero-order chi connectivity index (χ0) is 19.8. The summed E-state index contributed by atoms with van der Waals surface area (Å²) < 4.78 is 7.31. The fourth-order valence-corrected chi connectivity index (χ4v) is 3.80. The molecular weight excluding hydrogens is 368 g/mol. The van der Waals surface area contributed by atoms with Crippen molar-refractivity contribution in [2.75, 3.05) is 30.4 Å². The van der Waals surface area contributed by atoms with Crippen LogP contribution in [0.5, 0.6) is 0 Å². The van der Waals surface area contributed by atoms with Gasteiger partial charge in [-0.3, -0.25) is 4.79 Å². The topological polar surface area (TPSA) is 92.6 Å². The average molecular weight is 394 g/mol. The van der Waals surface area contributed by atoms with Gasteiger partial charge in [0.25, 0.3) is 0 Å². The number of carbonyl (C=O) groups is 1. The molecule has 2 aliphatic heterocycles. The van der Waals surface area contributed by atoms with Crippen LogP contribution < -0.4 is 16.0 Å². The van der Waals surface area contributed by atoms with Gasteiger partial charge in [-0.1, -0.05) is 6.58 Å². The molecule has 8 heteroatoms. The smallest absolute Gasteiger partial charge is 0.228 e. The first kappa shape index (κ1) is 18.2. The van der Waals surface area contributed by atoms with Gasteiger partial charge in [-0.05, 0) is 43.3 Å². The van der Waals surface area contributed by atoms with Crippen LogP contribution in [-0.2, 0) is 9.53 Å². The van der Waals surface area contributed by atoms with Gasteiger partial charge in [0.2, 0.25) is 5.91 Å². The number of fused-ring (bicyclic) bond motifs is 1. The Morgan fingerprint density at radius 2 is 2.14 bits per heavy atom. The van der Waals surface area contributed by atoms with Crippen molar-refractivity contribution in [3.05, 3.63) is 35.7 Å². The summed E-state index contributed by atoms with van der Waals surface area (Å²) >= 11 is 0. The number of hydrogen-bond acceptors (Lipinski definition) is 6. The number of carbonyl (C=O) groups excluding carboxylic acids is 1. The van der Waals surface area contributed by atoms with E-state index >= 15 is 0 Å². The molecule has 1 saturated carbocycles. The summed E-state index contributed by atoms with van der Waals surface area (Å²) in [5, 5.41) is 14.4. The molecule has 8 nitrogen and oxygen atoms in total. The largest absolute Gasteiger partial charge is 0.381 e. The van der Waals surface area contributed by atoms with Crippen LogP contribution in [0.2, 0.25) is 0 Å². The third kappa shape index (κ3) is 3.98. The summed E-state index contributed by atoms with van der Waals surface area (Å²) in [5.74, 6) is 2.49. The van der Waals surface area contributed by atoms with Gasteiger partial charge in [-0.15, -0.1) is 0 Å². The third-order valence-electron chi connectivity index (χ3n) is 5.70. The first-order valence-corrected chi connectivity index (χ1v) is 10.3. The fourth-order valence-electron chi connectivity index (χ4n) is 3.80. The molecule has 0 unspecified atom stereocenters. The van der Waals surface area contributed by atoms with E-state index in [1.165, 1.54) is 12.8 Å². The van der Waals surface area contributed by atoms with E-state index in [0.29, 0.717) is 18.2 Å². The van der Waals surface area contributed by atoms with Gasteiger partial charge in [0, 0.05) is 43.1 Å². The number of nitrogens with zero attached hydrogens (tertiary/aromatic N) is 3. The summed E-state index contributed by atoms with van der Waals surface area (Å²) in [5.41, 5.74) is 3.17. The van der Waals surface area contributed by atoms with Crippen molar-refractivity contribution in [3.63, 3.8) is 0 Å². The number of aromatic nitrogens is 3. The molecule has 3 fully saturated rings. The molecule has 0 spiro atoms. The maximum atomic E-state index is 11.7. The Morgan fingerprint density at radius 3 is 2.86 bits per heavy atom. The number of rotatable bonds is 6. The van der Waals surface area contributed by atoms with E-state index in [9.17, 15) is 4.79 Å². The molecule has 1 amide bonds. The van der Waals surface area contributed by atoms with E-state index in [-0.39, 0.29) is 5.91 Å². The number of hydrogen-bond donors (Lipinski definition) is 3. The second-order valence-electron chi connectivity index (χ2n) is 8.09. The number of amides is 1. The highest BCUT2D eigenvalue weighted by molar-refractivity contribution is 5.89. The predicted molar refractivity (Wildman–Crippen MR) is 112 cm³/mol. The molecule has 5 rings (SSSR count). The Labute approximate surface area is 169 Å². The van der Waals surface area contributed by atoms with E-state index < -0.39 is 0 Å². The van der Waals surface area contributed by atoms with Gasteiger partial charge in [-0.25, -0.2) is 4.98 Å².